The average Bonchev–Trinajstić information content (AvgIpc) is 3.76. The molecule has 9 rings (SSSR count). The molecule has 348 valence electrons. The molecule has 4 aromatic carbocycles. The number of aromatic nitrogens is 3. The van der Waals surface area contributed by atoms with Gasteiger partial charge in [-0.15, -0.1) is 0 Å². The monoisotopic (exact) mass is 909 g/mol. The van der Waals surface area contributed by atoms with Gasteiger partial charge in [0.05, 0.1) is 16.9 Å². The van der Waals surface area contributed by atoms with Gasteiger partial charge in [-0.3, -0.25) is 19.5 Å². The molecule has 0 spiro atoms. The second-order valence-corrected chi connectivity index (χ2v) is 18.4. The fourth-order valence-electron chi connectivity index (χ4n) is 9.16. The van der Waals surface area contributed by atoms with Crippen molar-refractivity contribution in [3.05, 3.63) is 137 Å². The van der Waals surface area contributed by atoms with E-state index in [1.54, 1.807) is 11.8 Å². The van der Waals surface area contributed by atoms with Gasteiger partial charge in [0.1, 0.15) is 35.5 Å². The van der Waals surface area contributed by atoms with Crippen LogP contribution in [-0.4, -0.2) is 112 Å². The molecule has 5 heterocycles. The molecule has 0 aliphatic carbocycles. The predicted molar refractivity (Wildman–Crippen MR) is 257 cm³/mol. The number of anilines is 2. The molecule has 3 saturated heterocycles. The van der Waals surface area contributed by atoms with E-state index >= 15 is 4.39 Å². The van der Waals surface area contributed by atoms with E-state index < -0.39 is 23.1 Å². The maximum atomic E-state index is 15.2. The zero-order valence-electron chi connectivity index (χ0n) is 38.2. The molecule has 3 fully saturated rings. The Balaban J connectivity index is 0.746. The first kappa shape index (κ1) is 45.6. The SMILES string of the molecule is C=C1CCN(c2ccc(OC3CCN(CCN4CCN(Cc5ccc(-c6cc7c(-c8cc(F)cc(NC(=O)c9ccc(C(C)(C)O)cc9F)c8C)ncnc7[nH]6)cc5)CC4)CC3)cc2)C(=O)N1. The summed E-state index contributed by atoms with van der Waals surface area (Å²) >= 11 is 0. The second-order valence-electron chi connectivity index (χ2n) is 18.4. The largest absolute Gasteiger partial charge is 0.490 e. The number of aliphatic hydroxyl groups is 1. The lowest BCUT2D eigenvalue weighted by atomic mass is 9.96. The van der Waals surface area contributed by atoms with Gasteiger partial charge in [0.15, 0.2) is 0 Å². The quantitative estimate of drug-likeness (QED) is 0.0899. The van der Waals surface area contributed by atoms with E-state index in [0.717, 1.165) is 113 Å². The standard InChI is InChI=1S/C52H57F2N9O4/c1-33-15-20-63(51(65)57-33)39-10-12-40(13-11-39)67-41-16-18-60(19-17-41)21-22-61-23-25-62(26-24-61)31-35-5-7-36(8-6-35)47-30-44-48(55-32-56-49(44)58-47)43-28-38(53)29-46(34(43)2)59-50(64)42-14-9-37(27-45(42)54)52(3,4)66/h5-14,27-30,32,41,66H,1,15-26,31H2,2-4H3,(H,57,65)(H,59,64)(H,55,56,58). The predicted octanol–water partition coefficient (Wildman–Crippen LogP) is 8.45. The van der Waals surface area contributed by atoms with Crippen LogP contribution in [0.3, 0.4) is 0 Å². The Morgan fingerprint density at radius 2 is 1.58 bits per heavy atom. The molecular formula is C52H57F2N9O4. The van der Waals surface area contributed by atoms with Crippen molar-refractivity contribution in [2.24, 2.45) is 0 Å². The topological polar surface area (TPSA) is 142 Å². The van der Waals surface area contributed by atoms with Gasteiger partial charge in [-0.25, -0.2) is 23.5 Å². The summed E-state index contributed by atoms with van der Waals surface area (Å²) in [4.78, 5) is 47.3. The number of nitrogens with one attached hydrogen (secondary N) is 3. The number of carbonyl (C=O) groups excluding carboxylic acids is 2. The summed E-state index contributed by atoms with van der Waals surface area (Å²) in [5, 5.41) is 16.4. The number of piperidine rings is 1. The second kappa shape index (κ2) is 19.4. The number of halogens is 2. The summed E-state index contributed by atoms with van der Waals surface area (Å²) in [7, 11) is 0. The molecule has 3 amide bonds. The van der Waals surface area contributed by atoms with E-state index in [-0.39, 0.29) is 23.4 Å². The number of amides is 3. The lowest BCUT2D eigenvalue weighted by Gasteiger charge is -2.37. The summed E-state index contributed by atoms with van der Waals surface area (Å²) in [6.45, 7) is 18.4. The van der Waals surface area contributed by atoms with E-state index in [1.165, 1.54) is 50.0 Å². The maximum absolute atomic E-state index is 15.2. The number of aromatic amines is 1. The van der Waals surface area contributed by atoms with Gasteiger partial charge in [-0.1, -0.05) is 36.9 Å². The molecule has 0 radical (unpaired) electrons. The Bertz CT molecular complexity index is 2770. The number of hydrogen-bond acceptors (Lipinski definition) is 9. The number of benzene rings is 4. The van der Waals surface area contributed by atoms with Crippen molar-refractivity contribution in [1.82, 2.24) is 35.0 Å². The van der Waals surface area contributed by atoms with Gasteiger partial charge >= 0.3 is 6.03 Å². The van der Waals surface area contributed by atoms with Crippen LogP contribution in [0.4, 0.5) is 25.0 Å². The van der Waals surface area contributed by atoms with Gasteiger partial charge in [-0.2, -0.15) is 0 Å². The molecule has 0 saturated carbocycles. The molecule has 3 aliphatic heterocycles. The number of carbonyl (C=O) groups is 2. The van der Waals surface area contributed by atoms with Crippen molar-refractivity contribution in [3.63, 3.8) is 0 Å². The zero-order valence-corrected chi connectivity index (χ0v) is 38.2. The number of H-pyrrole nitrogens is 1. The number of likely N-dealkylation sites (tertiary alicyclic amines) is 1. The fourth-order valence-corrected chi connectivity index (χ4v) is 9.16. The molecule has 67 heavy (non-hydrogen) atoms. The molecule has 0 atom stereocenters. The molecule has 4 N–H and O–H groups in total. The van der Waals surface area contributed by atoms with Crippen LogP contribution in [0.5, 0.6) is 5.75 Å². The number of hydrogen-bond donors (Lipinski definition) is 4. The van der Waals surface area contributed by atoms with Crippen LogP contribution in [0.15, 0.2) is 104 Å². The lowest BCUT2D eigenvalue weighted by molar-refractivity contribution is 0.0780. The van der Waals surface area contributed by atoms with Gasteiger partial charge < -0.3 is 30.4 Å². The molecule has 15 heteroatoms. The molecular weight excluding hydrogens is 853 g/mol. The van der Waals surface area contributed by atoms with E-state index in [4.69, 9.17) is 4.74 Å². The Labute approximate surface area is 389 Å². The maximum Gasteiger partial charge on any atom is 0.326 e. The first-order valence-electron chi connectivity index (χ1n) is 23.0. The number of piperazine rings is 1. The third kappa shape index (κ3) is 10.6. The normalized spacial score (nSPS) is 17.0. The highest BCUT2D eigenvalue weighted by Crippen LogP contribution is 2.35. The molecule has 3 aliphatic rings. The van der Waals surface area contributed by atoms with Crippen LogP contribution in [-0.2, 0) is 12.1 Å². The van der Waals surface area contributed by atoms with Crippen molar-refractivity contribution in [2.75, 3.05) is 69.1 Å². The summed E-state index contributed by atoms with van der Waals surface area (Å²) < 4.78 is 36.5. The van der Waals surface area contributed by atoms with Gasteiger partial charge in [-0.05, 0) is 110 Å². The van der Waals surface area contributed by atoms with Crippen molar-refractivity contribution in [3.8, 4) is 28.3 Å². The van der Waals surface area contributed by atoms with Gasteiger partial charge in [0.25, 0.3) is 5.91 Å². The average molecular weight is 910 g/mol. The van der Waals surface area contributed by atoms with E-state index in [9.17, 15) is 19.1 Å². The minimum Gasteiger partial charge on any atom is -0.490 e. The molecule has 6 aromatic rings. The summed E-state index contributed by atoms with van der Waals surface area (Å²) in [6.07, 6.45) is 4.33. The van der Waals surface area contributed by atoms with E-state index in [0.29, 0.717) is 40.0 Å². The number of ether oxygens (including phenoxy) is 1. The minimum atomic E-state index is -1.28. The Hall–Kier alpha value is -6.52. The summed E-state index contributed by atoms with van der Waals surface area (Å²) in [5.41, 5.74) is 5.75. The van der Waals surface area contributed by atoms with Crippen LogP contribution >= 0.6 is 0 Å². The van der Waals surface area contributed by atoms with Crippen molar-refractivity contribution < 1.29 is 28.2 Å². The van der Waals surface area contributed by atoms with Crippen LogP contribution < -0.4 is 20.3 Å². The molecule has 0 bridgehead atoms. The number of nitrogens with zero attached hydrogens (tertiary/aromatic N) is 6. The first-order valence-corrected chi connectivity index (χ1v) is 23.0. The summed E-state index contributed by atoms with van der Waals surface area (Å²) in [5.74, 6) is -1.29. The Kier molecular flexibility index (Phi) is 13.2. The smallest absolute Gasteiger partial charge is 0.326 e. The van der Waals surface area contributed by atoms with Crippen molar-refractivity contribution >= 4 is 34.3 Å². The third-order valence-electron chi connectivity index (χ3n) is 13.2. The highest BCUT2D eigenvalue weighted by atomic mass is 19.1. The zero-order chi connectivity index (χ0) is 46.8. The van der Waals surface area contributed by atoms with Crippen molar-refractivity contribution in [2.45, 2.75) is 58.3 Å². The lowest BCUT2D eigenvalue weighted by Crippen LogP contribution is -2.49. The third-order valence-corrected chi connectivity index (χ3v) is 13.2. The minimum absolute atomic E-state index is 0.140. The molecule has 13 nitrogen and oxygen atoms in total. The highest BCUT2D eigenvalue weighted by molar-refractivity contribution is 6.06. The molecule has 0 unspecified atom stereocenters. The van der Waals surface area contributed by atoms with Gasteiger partial charge in [0.2, 0.25) is 0 Å². The van der Waals surface area contributed by atoms with Crippen LogP contribution in [0, 0.1) is 18.6 Å². The van der Waals surface area contributed by atoms with Crippen LogP contribution in [0.2, 0.25) is 0 Å². The van der Waals surface area contributed by atoms with E-state index in [1.807, 2.05) is 30.3 Å². The Morgan fingerprint density at radius 1 is 0.881 bits per heavy atom. The van der Waals surface area contributed by atoms with Crippen molar-refractivity contribution in [1.29, 1.82) is 0 Å². The first-order chi connectivity index (χ1) is 32.2. The number of urea groups is 1. The number of rotatable bonds is 13. The summed E-state index contributed by atoms with van der Waals surface area (Å²) in [6, 6.07) is 24.6. The molecule has 2 aromatic heterocycles. The highest BCUT2D eigenvalue weighted by Gasteiger charge is 2.26. The van der Waals surface area contributed by atoms with E-state index in [2.05, 4.69) is 71.1 Å². The van der Waals surface area contributed by atoms with Gasteiger partial charge in [0, 0.05) is 106 Å². The fraction of sp³-hybridized carbons (Fsp3) is 0.346. The van der Waals surface area contributed by atoms with Crippen LogP contribution in [0.25, 0.3) is 33.5 Å². The number of fused-ring (bicyclic) bond motifs is 1. The van der Waals surface area contributed by atoms with Crippen LogP contribution in [0.1, 0.15) is 60.2 Å². The Morgan fingerprint density at radius 3 is 2.27 bits per heavy atom.